The van der Waals surface area contributed by atoms with Gasteiger partial charge in [0.2, 0.25) is 0 Å². The standard InChI is InChI=1S/C11H16N4O2S/c1-6-9(15-12)13-10(7-3-4-7)14-11(6)18-5-8(16)17-2/h7H,3-5,12H2,1-2H3,(H,13,14,15). The van der Waals surface area contributed by atoms with Crippen LogP contribution in [0.1, 0.15) is 30.1 Å². The zero-order valence-electron chi connectivity index (χ0n) is 10.4. The number of aromatic nitrogens is 2. The van der Waals surface area contributed by atoms with Gasteiger partial charge >= 0.3 is 5.97 Å². The first kappa shape index (κ1) is 13.1. The third kappa shape index (κ3) is 2.91. The van der Waals surface area contributed by atoms with Crippen LogP contribution in [0.4, 0.5) is 5.82 Å². The van der Waals surface area contributed by atoms with Crippen molar-refractivity contribution in [3.8, 4) is 0 Å². The molecule has 0 saturated heterocycles. The average Bonchev–Trinajstić information content (AvgIpc) is 3.21. The number of nitrogens with two attached hydrogens (primary N) is 1. The van der Waals surface area contributed by atoms with Crippen LogP contribution in [0.25, 0.3) is 0 Å². The van der Waals surface area contributed by atoms with E-state index in [2.05, 4.69) is 20.1 Å². The van der Waals surface area contributed by atoms with E-state index < -0.39 is 0 Å². The quantitative estimate of drug-likeness (QED) is 0.273. The van der Waals surface area contributed by atoms with Crippen LogP contribution in [-0.2, 0) is 9.53 Å². The molecule has 3 N–H and O–H groups in total. The molecule has 0 unspecified atom stereocenters. The summed E-state index contributed by atoms with van der Waals surface area (Å²) in [5.74, 6) is 7.29. The zero-order valence-corrected chi connectivity index (χ0v) is 11.2. The van der Waals surface area contributed by atoms with E-state index in [1.165, 1.54) is 18.9 Å². The first-order chi connectivity index (χ1) is 8.65. The number of nitrogens with one attached hydrogen (secondary N) is 1. The minimum atomic E-state index is -0.270. The third-order valence-corrected chi connectivity index (χ3v) is 3.80. The molecule has 7 heteroatoms. The highest BCUT2D eigenvalue weighted by molar-refractivity contribution is 7.99. The van der Waals surface area contributed by atoms with Crippen LogP contribution in [-0.4, -0.2) is 28.8 Å². The molecular formula is C11H16N4O2S. The fraction of sp³-hybridized carbons (Fsp3) is 0.545. The van der Waals surface area contributed by atoms with Gasteiger partial charge in [-0.3, -0.25) is 4.79 Å². The van der Waals surface area contributed by atoms with E-state index >= 15 is 0 Å². The third-order valence-electron chi connectivity index (χ3n) is 2.75. The van der Waals surface area contributed by atoms with Crippen LogP contribution in [0.2, 0.25) is 0 Å². The maximum absolute atomic E-state index is 11.2. The van der Waals surface area contributed by atoms with E-state index in [9.17, 15) is 4.79 Å². The lowest BCUT2D eigenvalue weighted by atomic mass is 10.3. The number of esters is 1. The van der Waals surface area contributed by atoms with Gasteiger partial charge in [0, 0.05) is 11.5 Å². The molecule has 1 aromatic rings. The van der Waals surface area contributed by atoms with Gasteiger partial charge in [-0.2, -0.15) is 0 Å². The highest BCUT2D eigenvalue weighted by atomic mass is 32.2. The summed E-state index contributed by atoms with van der Waals surface area (Å²) in [6.07, 6.45) is 2.24. The highest BCUT2D eigenvalue weighted by Gasteiger charge is 2.28. The second-order valence-corrected chi connectivity index (χ2v) is 5.11. The first-order valence-electron chi connectivity index (χ1n) is 5.70. The molecule has 1 aliphatic carbocycles. The Balaban J connectivity index is 2.21. The number of hydrogen-bond acceptors (Lipinski definition) is 7. The molecule has 18 heavy (non-hydrogen) atoms. The highest BCUT2D eigenvalue weighted by Crippen LogP contribution is 2.39. The normalized spacial score (nSPS) is 14.4. The molecular weight excluding hydrogens is 252 g/mol. The summed E-state index contributed by atoms with van der Waals surface area (Å²) in [6.45, 7) is 1.88. The molecule has 2 rings (SSSR count). The van der Waals surface area contributed by atoms with E-state index in [0.717, 1.165) is 29.3 Å². The molecule has 6 nitrogen and oxygen atoms in total. The number of hydrogen-bond donors (Lipinski definition) is 2. The lowest BCUT2D eigenvalue weighted by Crippen LogP contribution is -2.13. The van der Waals surface area contributed by atoms with Gasteiger partial charge < -0.3 is 10.2 Å². The van der Waals surface area contributed by atoms with Crippen molar-refractivity contribution >= 4 is 23.5 Å². The van der Waals surface area contributed by atoms with Crippen LogP contribution in [0.3, 0.4) is 0 Å². The molecule has 1 fully saturated rings. The summed E-state index contributed by atoms with van der Waals surface area (Å²) < 4.78 is 4.61. The Bertz CT molecular complexity index is 463. The number of thioether (sulfide) groups is 1. The van der Waals surface area contributed by atoms with Gasteiger partial charge in [-0.25, -0.2) is 15.8 Å². The largest absolute Gasteiger partial charge is 0.468 e. The fourth-order valence-corrected chi connectivity index (χ4v) is 2.35. The smallest absolute Gasteiger partial charge is 0.316 e. The van der Waals surface area contributed by atoms with Crippen LogP contribution in [0.15, 0.2) is 5.03 Å². The molecule has 0 bridgehead atoms. The van der Waals surface area contributed by atoms with Crippen molar-refractivity contribution in [2.24, 2.45) is 5.84 Å². The number of nitrogens with zero attached hydrogens (tertiary/aromatic N) is 2. The predicted octanol–water partition coefficient (Wildman–Crippen LogP) is 1.21. The molecule has 0 spiro atoms. The van der Waals surface area contributed by atoms with E-state index in [0.29, 0.717) is 11.7 Å². The topological polar surface area (TPSA) is 90.1 Å². The number of ether oxygens (including phenoxy) is 1. The van der Waals surface area contributed by atoms with Gasteiger partial charge in [0.25, 0.3) is 0 Å². The van der Waals surface area contributed by atoms with Gasteiger partial charge in [0.05, 0.1) is 12.9 Å². The van der Waals surface area contributed by atoms with E-state index in [1.54, 1.807) is 0 Å². The van der Waals surface area contributed by atoms with Crippen molar-refractivity contribution in [1.29, 1.82) is 0 Å². The molecule has 0 aromatic carbocycles. The van der Waals surface area contributed by atoms with E-state index in [4.69, 9.17) is 5.84 Å². The van der Waals surface area contributed by atoms with Gasteiger partial charge in [-0.05, 0) is 19.8 Å². The Morgan fingerprint density at radius 3 is 2.83 bits per heavy atom. The van der Waals surface area contributed by atoms with Crippen LogP contribution in [0.5, 0.6) is 0 Å². The summed E-state index contributed by atoms with van der Waals surface area (Å²) in [7, 11) is 1.37. The Morgan fingerprint density at radius 1 is 1.56 bits per heavy atom. The number of carbonyl (C=O) groups excluding carboxylic acids is 1. The van der Waals surface area contributed by atoms with Gasteiger partial charge in [0.1, 0.15) is 16.7 Å². The predicted molar refractivity (Wildman–Crippen MR) is 69.3 cm³/mol. The summed E-state index contributed by atoms with van der Waals surface area (Å²) in [6, 6.07) is 0. The second kappa shape index (κ2) is 5.53. The van der Waals surface area contributed by atoms with Crippen molar-refractivity contribution in [1.82, 2.24) is 9.97 Å². The molecule has 0 amide bonds. The number of rotatable bonds is 5. The Kier molecular flexibility index (Phi) is 4.03. The molecule has 1 saturated carbocycles. The van der Waals surface area contributed by atoms with Crippen molar-refractivity contribution in [2.75, 3.05) is 18.3 Å². The first-order valence-corrected chi connectivity index (χ1v) is 6.69. The van der Waals surface area contributed by atoms with Crippen LogP contribution >= 0.6 is 11.8 Å². The molecule has 0 radical (unpaired) electrons. The molecule has 1 heterocycles. The average molecular weight is 268 g/mol. The maximum Gasteiger partial charge on any atom is 0.316 e. The number of methoxy groups -OCH3 is 1. The van der Waals surface area contributed by atoms with Crippen LogP contribution < -0.4 is 11.3 Å². The molecule has 98 valence electrons. The van der Waals surface area contributed by atoms with Crippen molar-refractivity contribution in [3.05, 3.63) is 11.4 Å². The molecule has 1 aromatic heterocycles. The van der Waals surface area contributed by atoms with Crippen LogP contribution in [0, 0.1) is 6.92 Å². The fourth-order valence-electron chi connectivity index (χ4n) is 1.50. The van der Waals surface area contributed by atoms with Crippen molar-refractivity contribution in [3.63, 3.8) is 0 Å². The van der Waals surface area contributed by atoms with E-state index in [-0.39, 0.29) is 11.7 Å². The van der Waals surface area contributed by atoms with Crippen molar-refractivity contribution < 1.29 is 9.53 Å². The molecule has 0 aliphatic heterocycles. The lowest BCUT2D eigenvalue weighted by Gasteiger charge is -2.10. The number of carbonyl (C=O) groups is 1. The summed E-state index contributed by atoms with van der Waals surface area (Å²) in [5.41, 5.74) is 3.44. The van der Waals surface area contributed by atoms with Gasteiger partial charge in [-0.15, -0.1) is 0 Å². The van der Waals surface area contributed by atoms with Gasteiger partial charge in [0.15, 0.2) is 0 Å². The minimum absolute atomic E-state index is 0.239. The monoisotopic (exact) mass is 268 g/mol. The SMILES string of the molecule is COC(=O)CSc1nc(C2CC2)nc(NN)c1C. The lowest BCUT2D eigenvalue weighted by molar-refractivity contribution is -0.137. The number of anilines is 1. The summed E-state index contributed by atoms with van der Waals surface area (Å²) in [4.78, 5) is 20.0. The summed E-state index contributed by atoms with van der Waals surface area (Å²) in [5, 5.41) is 0.783. The zero-order chi connectivity index (χ0) is 13.1. The summed E-state index contributed by atoms with van der Waals surface area (Å²) >= 11 is 1.35. The Hall–Kier alpha value is -1.34. The van der Waals surface area contributed by atoms with Gasteiger partial charge in [-0.1, -0.05) is 11.8 Å². The molecule has 0 atom stereocenters. The number of hydrazine groups is 1. The van der Waals surface area contributed by atoms with Crippen molar-refractivity contribution in [2.45, 2.75) is 30.7 Å². The maximum atomic E-state index is 11.2. The number of nitrogen functional groups attached to an aromatic ring is 1. The Labute approximate surface area is 110 Å². The molecule has 1 aliphatic rings. The Morgan fingerprint density at radius 2 is 2.28 bits per heavy atom. The second-order valence-electron chi connectivity index (χ2n) is 4.14. The minimum Gasteiger partial charge on any atom is -0.468 e. The van der Waals surface area contributed by atoms with E-state index in [1.807, 2.05) is 6.92 Å².